The van der Waals surface area contributed by atoms with E-state index in [0.29, 0.717) is 6.42 Å². The van der Waals surface area contributed by atoms with E-state index in [-0.39, 0.29) is 18.6 Å². The lowest BCUT2D eigenvalue weighted by Gasteiger charge is -2.22. The molecule has 84 valence electrons. The van der Waals surface area contributed by atoms with Crippen LogP contribution in [0.15, 0.2) is 0 Å². The fourth-order valence-electron chi connectivity index (χ4n) is 2.00. The summed E-state index contributed by atoms with van der Waals surface area (Å²) >= 11 is 0. The largest absolute Gasteiger partial charge is 0.394 e. The Kier molecular flexibility index (Phi) is 5.20. The Bertz CT molecular complexity index is 244. The third kappa shape index (κ3) is 3.56. The molecule has 0 unspecified atom stereocenters. The van der Waals surface area contributed by atoms with Crippen LogP contribution in [0.4, 0.5) is 0 Å². The smallest absolute Gasteiger partial charge is 0.222 e. The number of hydrogen-bond acceptors (Lipinski definition) is 2. The standard InChI is InChI=1S/C12H19NO2/c1-2-3-4-5-8-12(15)13-9-6-7-11(13)10-14/h1,11,14H,3-10H2/t11-/m0/s1. The zero-order chi connectivity index (χ0) is 11.1. The monoisotopic (exact) mass is 209 g/mol. The lowest BCUT2D eigenvalue weighted by atomic mass is 10.1. The van der Waals surface area contributed by atoms with Crippen LogP contribution < -0.4 is 0 Å². The van der Waals surface area contributed by atoms with Crippen molar-refractivity contribution in [2.24, 2.45) is 0 Å². The number of carbonyl (C=O) groups excluding carboxylic acids is 1. The van der Waals surface area contributed by atoms with Crippen LogP contribution in [0.25, 0.3) is 0 Å². The number of nitrogens with zero attached hydrogens (tertiary/aromatic N) is 1. The molecular formula is C12H19NO2. The lowest BCUT2D eigenvalue weighted by molar-refractivity contribution is -0.132. The van der Waals surface area contributed by atoms with Crippen molar-refractivity contribution in [2.75, 3.05) is 13.2 Å². The molecule has 0 spiro atoms. The third-order valence-electron chi connectivity index (χ3n) is 2.87. The second-order valence-electron chi connectivity index (χ2n) is 3.98. The summed E-state index contributed by atoms with van der Waals surface area (Å²) in [6, 6.07) is 0.0603. The Morgan fingerprint density at radius 2 is 2.33 bits per heavy atom. The van der Waals surface area contributed by atoms with Gasteiger partial charge in [-0.2, -0.15) is 0 Å². The molecule has 15 heavy (non-hydrogen) atoms. The van der Waals surface area contributed by atoms with E-state index < -0.39 is 0 Å². The maximum atomic E-state index is 11.7. The molecule has 3 nitrogen and oxygen atoms in total. The van der Waals surface area contributed by atoms with Gasteiger partial charge in [-0.1, -0.05) is 0 Å². The normalized spacial score (nSPS) is 20.3. The lowest BCUT2D eigenvalue weighted by Crippen LogP contribution is -2.37. The van der Waals surface area contributed by atoms with Crippen LogP contribution in [0, 0.1) is 12.3 Å². The molecule has 0 radical (unpaired) electrons. The van der Waals surface area contributed by atoms with Crippen LogP contribution in [-0.2, 0) is 4.79 Å². The molecule has 0 aliphatic carbocycles. The summed E-state index contributed by atoms with van der Waals surface area (Å²) in [4.78, 5) is 13.6. The van der Waals surface area contributed by atoms with Crippen LogP contribution in [0.2, 0.25) is 0 Å². The van der Waals surface area contributed by atoms with Gasteiger partial charge in [-0.3, -0.25) is 4.79 Å². The third-order valence-corrected chi connectivity index (χ3v) is 2.87. The first-order chi connectivity index (χ1) is 7.29. The number of hydrogen-bond donors (Lipinski definition) is 1. The van der Waals surface area contributed by atoms with Crippen molar-refractivity contribution >= 4 is 5.91 Å². The highest BCUT2D eigenvalue weighted by Crippen LogP contribution is 2.18. The molecule has 0 aromatic rings. The molecule has 3 heteroatoms. The van der Waals surface area contributed by atoms with Crippen molar-refractivity contribution in [2.45, 2.75) is 44.6 Å². The number of aliphatic hydroxyl groups excluding tert-OH is 1. The van der Waals surface area contributed by atoms with E-state index in [1.54, 1.807) is 0 Å². The molecule has 0 aromatic carbocycles. The predicted octanol–water partition coefficient (Wildman–Crippen LogP) is 1.16. The van der Waals surface area contributed by atoms with E-state index in [1.165, 1.54) is 0 Å². The summed E-state index contributed by atoms with van der Waals surface area (Å²) in [6.45, 7) is 0.898. The molecule has 0 saturated carbocycles. The van der Waals surface area contributed by atoms with Crippen molar-refractivity contribution in [3.8, 4) is 12.3 Å². The van der Waals surface area contributed by atoms with Gasteiger partial charge >= 0.3 is 0 Å². The van der Waals surface area contributed by atoms with Gasteiger partial charge in [0, 0.05) is 19.4 Å². The zero-order valence-electron chi connectivity index (χ0n) is 9.11. The van der Waals surface area contributed by atoms with E-state index in [2.05, 4.69) is 5.92 Å². The Morgan fingerprint density at radius 3 is 3.00 bits per heavy atom. The number of rotatable bonds is 5. The summed E-state index contributed by atoms with van der Waals surface area (Å²) in [6.07, 6.45) is 10.2. The quantitative estimate of drug-likeness (QED) is 0.545. The van der Waals surface area contributed by atoms with Crippen molar-refractivity contribution in [1.29, 1.82) is 0 Å². The first-order valence-corrected chi connectivity index (χ1v) is 5.63. The van der Waals surface area contributed by atoms with Crippen molar-refractivity contribution in [3.05, 3.63) is 0 Å². The molecule has 1 fully saturated rings. The number of aliphatic hydroxyl groups is 1. The zero-order valence-corrected chi connectivity index (χ0v) is 9.11. The van der Waals surface area contributed by atoms with Gasteiger partial charge in [0.05, 0.1) is 12.6 Å². The summed E-state index contributed by atoms with van der Waals surface area (Å²) in [7, 11) is 0. The maximum absolute atomic E-state index is 11.7. The van der Waals surface area contributed by atoms with E-state index >= 15 is 0 Å². The van der Waals surface area contributed by atoms with Gasteiger partial charge in [-0.25, -0.2) is 0 Å². The molecule has 1 saturated heterocycles. The van der Waals surface area contributed by atoms with Crippen LogP contribution in [0.3, 0.4) is 0 Å². The molecule has 1 heterocycles. The number of unbranched alkanes of at least 4 members (excludes halogenated alkanes) is 2. The van der Waals surface area contributed by atoms with Crippen molar-refractivity contribution in [1.82, 2.24) is 4.90 Å². The second kappa shape index (κ2) is 6.47. The maximum Gasteiger partial charge on any atom is 0.222 e. The fraction of sp³-hybridized carbons (Fsp3) is 0.750. The predicted molar refractivity (Wildman–Crippen MR) is 59.1 cm³/mol. The molecule has 0 aromatic heterocycles. The minimum absolute atomic E-state index is 0.0603. The SMILES string of the molecule is C#CCCCCC(=O)N1CCC[C@H]1CO. The molecule has 1 aliphatic heterocycles. The second-order valence-corrected chi connectivity index (χ2v) is 3.98. The average Bonchev–Trinajstić information content (AvgIpc) is 2.72. The van der Waals surface area contributed by atoms with Gasteiger partial charge in [0.1, 0.15) is 0 Å². The summed E-state index contributed by atoms with van der Waals surface area (Å²) in [5.74, 6) is 2.74. The first-order valence-electron chi connectivity index (χ1n) is 5.63. The molecule has 1 amide bonds. The highest BCUT2D eigenvalue weighted by molar-refractivity contribution is 5.76. The van der Waals surface area contributed by atoms with Crippen LogP contribution in [0.1, 0.15) is 38.5 Å². The van der Waals surface area contributed by atoms with E-state index in [4.69, 9.17) is 11.5 Å². The van der Waals surface area contributed by atoms with E-state index in [1.807, 2.05) is 4.90 Å². The van der Waals surface area contributed by atoms with Gasteiger partial charge in [0.2, 0.25) is 5.91 Å². The highest BCUT2D eigenvalue weighted by Gasteiger charge is 2.27. The minimum Gasteiger partial charge on any atom is -0.394 e. The molecule has 1 rings (SSSR count). The molecule has 0 bridgehead atoms. The van der Waals surface area contributed by atoms with Crippen molar-refractivity contribution < 1.29 is 9.90 Å². The summed E-state index contributed by atoms with van der Waals surface area (Å²) in [5, 5.41) is 9.07. The molecule has 1 N–H and O–H groups in total. The van der Waals surface area contributed by atoms with Crippen LogP contribution in [0.5, 0.6) is 0 Å². The Balaban J connectivity index is 2.24. The summed E-state index contributed by atoms with van der Waals surface area (Å²) in [5.41, 5.74) is 0. The number of amides is 1. The fourth-order valence-corrected chi connectivity index (χ4v) is 2.00. The first kappa shape index (κ1) is 12.1. The van der Waals surface area contributed by atoms with Gasteiger partial charge in [-0.05, 0) is 25.7 Å². The van der Waals surface area contributed by atoms with Crippen LogP contribution in [-0.4, -0.2) is 35.1 Å². The average molecular weight is 209 g/mol. The van der Waals surface area contributed by atoms with Gasteiger partial charge < -0.3 is 10.0 Å². The van der Waals surface area contributed by atoms with E-state index in [9.17, 15) is 4.79 Å². The van der Waals surface area contributed by atoms with Gasteiger partial charge in [-0.15, -0.1) is 12.3 Å². The Hall–Kier alpha value is -1.01. The topological polar surface area (TPSA) is 40.5 Å². The molecule has 1 atom stereocenters. The van der Waals surface area contributed by atoms with E-state index in [0.717, 1.165) is 38.6 Å². The highest BCUT2D eigenvalue weighted by atomic mass is 16.3. The number of carbonyl (C=O) groups is 1. The molecular weight excluding hydrogens is 190 g/mol. The Labute approximate surface area is 91.5 Å². The number of terminal acetylenes is 1. The minimum atomic E-state index is 0.0603. The molecule has 1 aliphatic rings. The van der Waals surface area contributed by atoms with Crippen LogP contribution >= 0.6 is 0 Å². The number of likely N-dealkylation sites (tertiary alicyclic amines) is 1. The summed E-state index contributed by atoms with van der Waals surface area (Å²) < 4.78 is 0. The van der Waals surface area contributed by atoms with Gasteiger partial charge in [0.25, 0.3) is 0 Å². The van der Waals surface area contributed by atoms with Gasteiger partial charge in [0.15, 0.2) is 0 Å². The Morgan fingerprint density at radius 1 is 1.53 bits per heavy atom. The van der Waals surface area contributed by atoms with Crippen molar-refractivity contribution in [3.63, 3.8) is 0 Å².